The fraction of sp³-hybridized carbons (Fsp3) is 0.316. The highest BCUT2D eigenvalue weighted by atomic mass is 16.5. The molecule has 1 aliphatic heterocycles. The molecule has 1 atom stereocenters. The van der Waals surface area contributed by atoms with E-state index in [0.717, 1.165) is 37.8 Å². The summed E-state index contributed by atoms with van der Waals surface area (Å²) >= 11 is 0. The minimum Gasteiger partial charge on any atom is -0.371 e. The van der Waals surface area contributed by atoms with E-state index in [0.29, 0.717) is 0 Å². The zero-order valence-corrected chi connectivity index (χ0v) is 13.4. The van der Waals surface area contributed by atoms with E-state index in [-0.39, 0.29) is 6.10 Å². The predicted octanol–water partition coefficient (Wildman–Crippen LogP) is 3.22. The summed E-state index contributed by atoms with van der Waals surface area (Å²) < 4.78 is 8.11. The van der Waals surface area contributed by atoms with Crippen LogP contribution in [0.4, 0.5) is 0 Å². The molecule has 1 aliphatic rings. The Kier molecular flexibility index (Phi) is 3.85. The molecule has 0 spiro atoms. The Morgan fingerprint density at radius 1 is 1.13 bits per heavy atom. The summed E-state index contributed by atoms with van der Waals surface area (Å²) in [6.07, 6.45) is 2.23. The third-order valence-corrected chi connectivity index (χ3v) is 4.50. The van der Waals surface area contributed by atoms with Gasteiger partial charge in [0.25, 0.3) is 0 Å². The number of benzene rings is 1. The van der Waals surface area contributed by atoms with Crippen LogP contribution in [0.2, 0.25) is 0 Å². The van der Waals surface area contributed by atoms with Crippen LogP contribution in [-0.2, 0) is 11.3 Å². The molecule has 3 aromatic rings. The van der Waals surface area contributed by atoms with Crippen molar-refractivity contribution in [3.8, 4) is 0 Å². The van der Waals surface area contributed by atoms with Crippen LogP contribution in [0, 0.1) is 6.92 Å². The van der Waals surface area contributed by atoms with Crippen molar-refractivity contribution in [1.29, 1.82) is 0 Å². The van der Waals surface area contributed by atoms with Crippen molar-refractivity contribution in [2.24, 2.45) is 0 Å². The maximum Gasteiger partial charge on any atom is 0.110 e. The van der Waals surface area contributed by atoms with Gasteiger partial charge in [0.15, 0.2) is 0 Å². The van der Waals surface area contributed by atoms with Crippen molar-refractivity contribution in [3.63, 3.8) is 0 Å². The molecule has 0 unspecified atom stereocenters. The molecule has 4 nitrogen and oxygen atoms in total. The zero-order chi connectivity index (χ0) is 15.6. The first-order valence-electron chi connectivity index (χ1n) is 8.13. The number of rotatable bonds is 3. The van der Waals surface area contributed by atoms with Gasteiger partial charge < -0.3 is 9.14 Å². The van der Waals surface area contributed by atoms with Crippen LogP contribution in [0.1, 0.15) is 23.2 Å². The van der Waals surface area contributed by atoms with Gasteiger partial charge >= 0.3 is 0 Å². The van der Waals surface area contributed by atoms with Crippen molar-refractivity contribution in [1.82, 2.24) is 14.3 Å². The number of ether oxygens (including phenoxy) is 1. The van der Waals surface area contributed by atoms with E-state index < -0.39 is 0 Å². The number of hydrogen-bond donors (Lipinski definition) is 0. The van der Waals surface area contributed by atoms with E-state index in [4.69, 9.17) is 9.72 Å². The molecule has 0 aliphatic carbocycles. The van der Waals surface area contributed by atoms with Gasteiger partial charge in [-0.05, 0) is 24.6 Å². The molecule has 1 fully saturated rings. The first-order valence-corrected chi connectivity index (χ1v) is 8.13. The molecule has 2 aromatic heterocycles. The van der Waals surface area contributed by atoms with Gasteiger partial charge in [-0.25, -0.2) is 4.98 Å². The highest BCUT2D eigenvalue weighted by molar-refractivity contribution is 5.53. The van der Waals surface area contributed by atoms with Gasteiger partial charge in [-0.15, -0.1) is 0 Å². The van der Waals surface area contributed by atoms with Crippen LogP contribution < -0.4 is 0 Å². The molecule has 0 N–H and O–H groups in total. The average molecular weight is 307 g/mol. The second kappa shape index (κ2) is 6.14. The summed E-state index contributed by atoms with van der Waals surface area (Å²) in [5.74, 6) is 1.04. The zero-order valence-electron chi connectivity index (χ0n) is 13.4. The van der Waals surface area contributed by atoms with Crippen molar-refractivity contribution in [2.45, 2.75) is 19.6 Å². The number of morpholine rings is 1. The van der Waals surface area contributed by atoms with E-state index in [1.54, 1.807) is 0 Å². The molecule has 0 saturated carbocycles. The largest absolute Gasteiger partial charge is 0.371 e. The summed E-state index contributed by atoms with van der Waals surface area (Å²) in [4.78, 5) is 7.20. The summed E-state index contributed by atoms with van der Waals surface area (Å²) in [5.41, 5.74) is 3.60. The monoisotopic (exact) mass is 307 g/mol. The molecule has 1 aromatic carbocycles. The van der Waals surface area contributed by atoms with Crippen LogP contribution in [0.25, 0.3) is 5.52 Å². The second-order valence-corrected chi connectivity index (χ2v) is 6.07. The van der Waals surface area contributed by atoms with Gasteiger partial charge in [0.1, 0.15) is 5.82 Å². The van der Waals surface area contributed by atoms with Crippen LogP contribution >= 0.6 is 0 Å². The average Bonchev–Trinajstić information content (AvgIpc) is 2.92. The highest BCUT2D eigenvalue weighted by Gasteiger charge is 2.23. The number of pyridine rings is 1. The minimum atomic E-state index is 0.153. The molecule has 0 bridgehead atoms. The summed E-state index contributed by atoms with van der Waals surface area (Å²) in [6, 6.07) is 16.7. The predicted molar refractivity (Wildman–Crippen MR) is 90.3 cm³/mol. The molecular weight excluding hydrogens is 286 g/mol. The molecule has 3 heterocycles. The van der Waals surface area contributed by atoms with E-state index >= 15 is 0 Å². The third-order valence-electron chi connectivity index (χ3n) is 4.50. The molecule has 4 rings (SSSR count). The first-order chi connectivity index (χ1) is 11.3. The van der Waals surface area contributed by atoms with Crippen LogP contribution in [0.5, 0.6) is 0 Å². The fourth-order valence-electron chi connectivity index (χ4n) is 3.31. The van der Waals surface area contributed by atoms with Crippen molar-refractivity contribution in [2.75, 3.05) is 19.7 Å². The third kappa shape index (κ3) is 2.87. The Hall–Kier alpha value is -2.17. The summed E-state index contributed by atoms with van der Waals surface area (Å²) in [5, 5.41) is 0. The minimum absolute atomic E-state index is 0.153. The van der Waals surface area contributed by atoms with Crippen molar-refractivity contribution < 1.29 is 4.74 Å². The van der Waals surface area contributed by atoms with Gasteiger partial charge in [0, 0.05) is 25.8 Å². The van der Waals surface area contributed by atoms with E-state index in [1.807, 2.05) is 12.1 Å². The highest BCUT2D eigenvalue weighted by Crippen LogP contribution is 2.24. The maximum absolute atomic E-state index is 5.96. The summed E-state index contributed by atoms with van der Waals surface area (Å²) in [6.45, 7) is 5.56. The molecule has 0 amide bonds. The number of hydrogen-bond acceptors (Lipinski definition) is 3. The SMILES string of the molecule is Cc1nc(CN2CCO[C@H](c3ccccc3)C2)c2ccccn12. The smallest absolute Gasteiger partial charge is 0.110 e. The number of nitrogens with zero attached hydrogens (tertiary/aromatic N) is 3. The van der Waals surface area contributed by atoms with Crippen LogP contribution in [0.15, 0.2) is 54.7 Å². The van der Waals surface area contributed by atoms with Gasteiger partial charge in [0.05, 0.1) is 23.9 Å². The van der Waals surface area contributed by atoms with E-state index in [1.165, 1.54) is 11.1 Å². The van der Waals surface area contributed by atoms with Gasteiger partial charge in [-0.2, -0.15) is 0 Å². The lowest BCUT2D eigenvalue weighted by Crippen LogP contribution is -2.37. The number of aromatic nitrogens is 2. The van der Waals surface area contributed by atoms with E-state index in [9.17, 15) is 0 Å². The fourth-order valence-corrected chi connectivity index (χ4v) is 3.31. The van der Waals surface area contributed by atoms with Gasteiger partial charge in [-0.1, -0.05) is 36.4 Å². The lowest BCUT2D eigenvalue weighted by molar-refractivity contribution is -0.0331. The second-order valence-electron chi connectivity index (χ2n) is 6.07. The van der Waals surface area contributed by atoms with E-state index in [2.05, 4.69) is 58.8 Å². The molecule has 23 heavy (non-hydrogen) atoms. The molecular formula is C19H21N3O. The Bertz CT molecular complexity index is 797. The Labute approximate surface area is 136 Å². The van der Waals surface area contributed by atoms with Crippen LogP contribution in [-0.4, -0.2) is 34.0 Å². The number of fused-ring (bicyclic) bond motifs is 1. The van der Waals surface area contributed by atoms with Crippen molar-refractivity contribution >= 4 is 5.52 Å². The molecule has 4 heteroatoms. The molecule has 118 valence electrons. The Morgan fingerprint density at radius 3 is 2.83 bits per heavy atom. The summed E-state index contributed by atoms with van der Waals surface area (Å²) in [7, 11) is 0. The maximum atomic E-state index is 5.96. The number of imidazole rings is 1. The van der Waals surface area contributed by atoms with Crippen LogP contribution in [0.3, 0.4) is 0 Å². The van der Waals surface area contributed by atoms with Gasteiger partial charge in [-0.3, -0.25) is 4.90 Å². The van der Waals surface area contributed by atoms with Gasteiger partial charge in [0.2, 0.25) is 0 Å². The van der Waals surface area contributed by atoms with Crippen molar-refractivity contribution in [3.05, 3.63) is 71.8 Å². The first kappa shape index (κ1) is 14.4. The Morgan fingerprint density at radius 2 is 1.96 bits per heavy atom. The number of aryl methyl sites for hydroxylation is 1. The molecule has 0 radical (unpaired) electrons. The lowest BCUT2D eigenvalue weighted by atomic mass is 10.1. The lowest BCUT2D eigenvalue weighted by Gasteiger charge is -2.32. The normalized spacial score (nSPS) is 19.3. The topological polar surface area (TPSA) is 29.8 Å². The standard InChI is InChI=1S/C19H21N3O/c1-15-20-17(18-9-5-6-10-22(15)18)13-21-11-12-23-19(14-21)16-7-3-2-4-8-16/h2-10,19H,11-14H2,1H3/t19-/m0/s1. The Balaban J connectivity index is 1.54. The molecule has 1 saturated heterocycles. The quantitative estimate of drug-likeness (QED) is 0.744.